The van der Waals surface area contributed by atoms with Gasteiger partial charge in [-0.05, 0) is 12.8 Å². The van der Waals surface area contributed by atoms with E-state index in [1.807, 2.05) is 4.90 Å². The lowest BCUT2D eigenvalue weighted by Gasteiger charge is -2.26. The molecule has 0 saturated carbocycles. The van der Waals surface area contributed by atoms with Gasteiger partial charge >= 0.3 is 0 Å². The zero-order valence-electron chi connectivity index (χ0n) is 9.91. The number of nitrogens with one attached hydrogen (secondary N) is 2. The molecule has 0 aromatic heterocycles. The van der Waals surface area contributed by atoms with Crippen LogP contribution in [0.3, 0.4) is 0 Å². The first-order chi connectivity index (χ1) is 7.77. The second-order valence-corrected chi connectivity index (χ2v) is 4.48. The molecule has 17 heavy (non-hydrogen) atoms. The van der Waals surface area contributed by atoms with Crippen LogP contribution in [0.15, 0.2) is 0 Å². The Morgan fingerprint density at radius 2 is 2.24 bits per heavy atom. The van der Waals surface area contributed by atoms with Crippen molar-refractivity contribution in [3.05, 3.63) is 0 Å². The van der Waals surface area contributed by atoms with Crippen LogP contribution in [0.4, 0.5) is 0 Å². The molecule has 5 nitrogen and oxygen atoms in total. The maximum Gasteiger partial charge on any atom is 0.225 e. The molecule has 0 unspecified atom stereocenters. The number of amides is 2. The average molecular weight is 262 g/mol. The van der Waals surface area contributed by atoms with E-state index in [0.29, 0.717) is 13.0 Å². The fourth-order valence-electron chi connectivity index (χ4n) is 2.04. The number of nitrogens with zero attached hydrogens (tertiary/aromatic N) is 1. The van der Waals surface area contributed by atoms with Crippen LogP contribution in [-0.4, -0.2) is 49.4 Å². The molecule has 2 N–H and O–H groups in total. The summed E-state index contributed by atoms with van der Waals surface area (Å²) < 4.78 is 0. The molecule has 2 amide bonds. The van der Waals surface area contributed by atoms with Gasteiger partial charge in [-0.2, -0.15) is 0 Å². The number of likely N-dealkylation sites (tertiary alicyclic amines) is 1. The van der Waals surface area contributed by atoms with Crippen molar-refractivity contribution >= 4 is 24.2 Å². The minimum absolute atomic E-state index is 0. The first-order valence-corrected chi connectivity index (χ1v) is 6.03. The molecule has 98 valence electrons. The fraction of sp³-hybridized carbons (Fsp3) is 0.818. The molecule has 2 aliphatic rings. The Balaban J connectivity index is 0.00000144. The van der Waals surface area contributed by atoms with Crippen LogP contribution in [0.25, 0.3) is 0 Å². The summed E-state index contributed by atoms with van der Waals surface area (Å²) in [6.07, 6.45) is 2.54. The summed E-state index contributed by atoms with van der Waals surface area (Å²) in [5, 5.41) is 5.98. The van der Waals surface area contributed by atoms with Gasteiger partial charge in [-0.15, -0.1) is 12.4 Å². The Morgan fingerprint density at radius 3 is 2.76 bits per heavy atom. The zero-order chi connectivity index (χ0) is 11.4. The molecular weight excluding hydrogens is 242 g/mol. The van der Waals surface area contributed by atoms with Crippen molar-refractivity contribution in [2.75, 3.05) is 32.7 Å². The highest BCUT2D eigenvalue weighted by Crippen LogP contribution is 2.09. The lowest BCUT2D eigenvalue weighted by Crippen LogP contribution is -2.51. The lowest BCUT2D eigenvalue weighted by molar-refractivity contribution is -0.127. The summed E-state index contributed by atoms with van der Waals surface area (Å²) in [5.41, 5.74) is 0. The molecule has 0 radical (unpaired) electrons. The van der Waals surface area contributed by atoms with Crippen molar-refractivity contribution in [2.45, 2.75) is 19.3 Å². The SMILES string of the molecule is Cl.O=C(NCCCN1CCCC1=O)C1CNC1. The molecule has 2 fully saturated rings. The molecular formula is C11H20ClN3O2. The maximum absolute atomic E-state index is 11.5. The first kappa shape index (κ1) is 14.3. The highest BCUT2D eigenvalue weighted by Gasteiger charge is 2.24. The molecule has 2 saturated heterocycles. The van der Waals surface area contributed by atoms with E-state index < -0.39 is 0 Å². The van der Waals surface area contributed by atoms with Crippen LogP contribution in [0.2, 0.25) is 0 Å². The smallest absolute Gasteiger partial charge is 0.225 e. The largest absolute Gasteiger partial charge is 0.356 e. The molecule has 6 heteroatoms. The van der Waals surface area contributed by atoms with Crippen molar-refractivity contribution in [3.8, 4) is 0 Å². The van der Waals surface area contributed by atoms with Crippen LogP contribution in [0.5, 0.6) is 0 Å². The molecule has 2 rings (SSSR count). The number of hydrogen-bond acceptors (Lipinski definition) is 3. The van der Waals surface area contributed by atoms with Crippen LogP contribution >= 0.6 is 12.4 Å². The van der Waals surface area contributed by atoms with Crippen LogP contribution < -0.4 is 10.6 Å². The van der Waals surface area contributed by atoms with E-state index in [-0.39, 0.29) is 30.1 Å². The second-order valence-electron chi connectivity index (χ2n) is 4.48. The molecule has 0 aromatic carbocycles. The molecule has 0 aliphatic carbocycles. The van der Waals surface area contributed by atoms with Gasteiger partial charge < -0.3 is 15.5 Å². The van der Waals surface area contributed by atoms with E-state index in [9.17, 15) is 9.59 Å². The monoisotopic (exact) mass is 261 g/mol. The molecule has 0 bridgehead atoms. The molecule has 0 atom stereocenters. The first-order valence-electron chi connectivity index (χ1n) is 6.03. The normalized spacial score (nSPS) is 19.8. The Hall–Kier alpha value is -0.810. The highest BCUT2D eigenvalue weighted by atomic mass is 35.5. The van der Waals surface area contributed by atoms with Gasteiger partial charge in [0.05, 0.1) is 5.92 Å². The van der Waals surface area contributed by atoms with Crippen LogP contribution in [0.1, 0.15) is 19.3 Å². The second kappa shape index (κ2) is 6.81. The number of rotatable bonds is 5. The van der Waals surface area contributed by atoms with Gasteiger partial charge in [-0.1, -0.05) is 0 Å². The van der Waals surface area contributed by atoms with E-state index in [1.165, 1.54) is 0 Å². The Morgan fingerprint density at radius 1 is 1.47 bits per heavy atom. The number of carbonyl (C=O) groups excluding carboxylic acids is 2. The van der Waals surface area contributed by atoms with Crippen LogP contribution in [0, 0.1) is 5.92 Å². The number of carbonyl (C=O) groups is 2. The summed E-state index contributed by atoms with van der Waals surface area (Å²) >= 11 is 0. The van der Waals surface area contributed by atoms with Gasteiger partial charge in [0.15, 0.2) is 0 Å². The van der Waals surface area contributed by atoms with Crippen molar-refractivity contribution in [1.82, 2.24) is 15.5 Å². The van der Waals surface area contributed by atoms with Crippen molar-refractivity contribution in [1.29, 1.82) is 0 Å². The third kappa shape index (κ3) is 3.85. The van der Waals surface area contributed by atoms with Gasteiger partial charge in [0.2, 0.25) is 11.8 Å². The molecule has 2 aliphatic heterocycles. The van der Waals surface area contributed by atoms with E-state index in [2.05, 4.69) is 10.6 Å². The summed E-state index contributed by atoms with van der Waals surface area (Å²) in [7, 11) is 0. The summed E-state index contributed by atoms with van der Waals surface area (Å²) in [5.74, 6) is 0.564. The third-order valence-electron chi connectivity index (χ3n) is 3.23. The third-order valence-corrected chi connectivity index (χ3v) is 3.23. The molecule has 0 aromatic rings. The van der Waals surface area contributed by atoms with Gasteiger partial charge in [0.1, 0.15) is 0 Å². The Kier molecular flexibility index (Phi) is 5.71. The zero-order valence-corrected chi connectivity index (χ0v) is 10.7. The summed E-state index contributed by atoms with van der Waals surface area (Å²) in [6, 6.07) is 0. The predicted octanol–water partition coefficient (Wildman–Crippen LogP) is -0.244. The predicted molar refractivity (Wildman–Crippen MR) is 67.0 cm³/mol. The Labute approximate surface area is 108 Å². The topological polar surface area (TPSA) is 61.4 Å². The highest BCUT2D eigenvalue weighted by molar-refractivity contribution is 5.85. The summed E-state index contributed by atoms with van der Waals surface area (Å²) in [6.45, 7) is 3.95. The van der Waals surface area contributed by atoms with E-state index in [1.54, 1.807) is 0 Å². The van der Waals surface area contributed by atoms with Crippen molar-refractivity contribution in [2.24, 2.45) is 5.92 Å². The average Bonchev–Trinajstić information content (AvgIpc) is 2.56. The van der Waals surface area contributed by atoms with E-state index in [0.717, 1.165) is 39.0 Å². The minimum atomic E-state index is 0. The standard InChI is InChI=1S/C11H19N3O2.ClH/c15-10-3-1-5-14(10)6-2-4-13-11(16)9-7-12-8-9;/h9,12H,1-8H2,(H,13,16);1H. The maximum atomic E-state index is 11.5. The van der Waals surface area contributed by atoms with Gasteiger partial charge in [-0.25, -0.2) is 0 Å². The summed E-state index contributed by atoms with van der Waals surface area (Å²) in [4.78, 5) is 24.6. The van der Waals surface area contributed by atoms with Crippen molar-refractivity contribution in [3.63, 3.8) is 0 Å². The quantitative estimate of drug-likeness (QED) is 0.672. The van der Waals surface area contributed by atoms with Gasteiger partial charge in [0, 0.05) is 39.1 Å². The minimum Gasteiger partial charge on any atom is -0.356 e. The molecule has 0 spiro atoms. The Bertz CT molecular complexity index is 282. The van der Waals surface area contributed by atoms with E-state index >= 15 is 0 Å². The van der Waals surface area contributed by atoms with Crippen LogP contribution in [-0.2, 0) is 9.59 Å². The van der Waals surface area contributed by atoms with Crippen molar-refractivity contribution < 1.29 is 9.59 Å². The van der Waals surface area contributed by atoms with Gasteiger partial charge in [-0.3, -0.25) is 9.59 Å². The lowest BCUT2D eigenvalue weighted by atomic mass is 10.0. The van der Waals surface area contributed by atoms with E-state index in [4.69, 9.17) is 0 Å². The fourth-order valence-corrected chi connectivity index (χ4v) is 2.04. The number of hydrogen-bond donors (Lipinski definition) is 2. The van der Waals surface area contributed by atoms with Gasteiger partial charge in [0.25, 0.3) is 0 Å². The number of halogens is 1. The molecule has 2 heterocycles.